The van der Waals surface area contributed by atoms with Crippen LogP contribution in [-0.2, 0) is 13.0 Å². The molecule has 108 valence electrons. The van der Waals surface area contributed by atoms with E-state index in [1.807, 2.05) is 0 Å². The van der Waals surface area contributed by atoms with Gasteiger partial charge in [-0.05, 0) is 30.2 Å². The molecule has 1 heterocycles. The molecule has 0 amide bonds. The fourth-order valence-electron chi connectivity index (χ4n) is 1.89. The molecular formula is C16H15NO3S. The summed E-state index contributed by atoms with van der Waals surface area (Å²) in [5.41, 5.74) is 1.49. The van der Waals surface area contributed by atoms with Gasteiger partial charge in [-0.15, -0.1) is 11.3 Å². The third-order valence-electron chi connectivity index (χ3n) is 2.92. The molecule has 0 spiro atoms. The van der Waals surface area contributed by atoms with Crippen LogP contribution in [0, 0.1) is 11.3 Å². The van der Waals surface area contributed by atoms with Crippen LogP contribution in [-0.4, -0.2) is 11.1 Å². The Labute approximate surface area is 127 Å². The van der Waals surface area contributed by atoms with Crippen LogP contribution in [0.3, 0.4) is 0 Å². The largest absolute Gasteiger partial charge is 0.487 e. The van der Waals surface area contributed by atoms with E-state index in [4.69, 9.17) is 10.00 Å². The maximum atomic E-state index is 11.2. The molecule has 0 saturated carbocycles. The second kappa shape index (κ2) is 6.91. The van der Waals surface area contributed by atoms with E-state index < -0.39 is 5.97 Å². The minimum Gasteiger partial charge on any atom is -0.487 e. The molecule has 0 radical (unpaired) electrons. The van der Waals surface area contributed by atoms with Crippen molar-refractivity contribution in [1.29, 1.82) is 5.26 Å². The fourth-order valence-corrected chi connectivity index (χ4v) is 2.93. The average Bonchev–Trinajstić information content (AvgIpc) is 2.89. The molecule has 1 N–H and O–H groups in total. The summed E-state index contributed by atoms with van der Waals surface area (Å²) in [6.07, 6.45) is 1.82. The number of ether oxygens (including phenoxy) is 1. The van der Waals surface area contributed by atoms with Crippen molar-refractivity contribution in [3.05, 3.63) is 51.2 Å². The van der Waals surface area contributed by atoms with E-state index in [9.17, 15) is 9.90 Å². The maximum absolute atomic E-state index is 11.2. The van der Waals surface area contributed by atoms with Crippen LogP contribution in [0.4, 0.5) is 0 Å². The SMILES string of the molecule is CCCc1cc(OCc2ccc(C#N)cc2)c(C(=O)O)s1. The lowest BCUT2D eigenvalue weighted by Gasteiger charge is -2.05. The summed E-state index contributed by atoms with van der Waals surface area (Å²) in [5, 5.41) is 17.9. The molecule has 21 heavy (non-hydrogen) atoms. The Bertz CT molecular complexity index is 668. The molecule has 2 rings (SSSR count). The Balaban J connectivity index is 2.11. The number of carboxylic acids is 1. The summed E-state index contributed by atoms with van der Waals surface area (Å²) in [7, 11) is 0. The molecule has 0 unspecified atom stereocenters. The first-order chi connectivity index (χ1) is 10.1. The van der Waals surface area contributed by atoms with Crippen molar-refractivity contribution in [2.75, 3.05) is 0 Å². The van der Waals surface area contributed by atoms with E-state index in [0.29, 0.717) is 11.3 Å². The maximum Gasteiger partial charge on any atom is 0.349 e. The number of carboxylic acid groups (broad SMARTS) is 1. The summed E-state index contributed by atoms with van der Waals surface area (Å²) < 4.78 is 5.63. The molecule has 0 fully saturated rings. The standard InChI is InChI=1S/C16H15NO3S/c1-2-3-13-8-14(15(21-13)16(18)19)20-10-12-6-4-11(9-17)5-7-12/h4-8H,2-3,10H2,1H3,(H,18,19). The number of nitriles is 1. The molecule has 4 nitrogen and oxygen atoms in total. The zero-order valence-corrected chi connectivity index (χ0v) is 12.4. The van der Waals surface area contributed by atoms with Crippen molar-refractivity contribution < 1.29 is 14.6 Å². The van der Waals surface area contributed by atoms with Gasteiger partial charge in [-0.2, -0.15) is 5.26 Å². The van der Waals surface area contributed by atoms with Crippen LogP contribution in [0.15, 0.2) is 30.3 Å². The lowest BCUT2D eigenvalue weighted by molar-refractivity contribution is 0.0697. The zero-order chi connectivity index (χ0) is 15.2. The molecule has 0 saturated heterocycles. The average molecular weight is 301 g/mol. The van der Waals surface area contributed by atoms with Gasteiger partial charge in [0.2, 0.25) is 0 Å². The van der Waals surface area contributed by atoms with Gasteiger partial charge in [0, 0.05) is 4.88 Å². The van der Waals surface area contributed by atoms with Crippen molar-refractivity contribution in [3.63, 3.8) is 0 Å². The van der Waals surface area contributed by atoms with Crippen molar-refractivity contribution in [1.82, 2.24) is 0 Å². The lowest BCUT2D eigenvalue weighted by atomic mass is 10.2. The molecule has 5 heteroatoms. The Morgan fingerprint density at radius 2 is 2.10 bits per heavy atom. The number of aromatic carboxylic acids is 1. The van der Waals surface area contributed by atoms with Gasteiger partial charge in [0.15, 0.2) is 4.88 Å². The van der Waals surface area contributed by atoms with Crippen LogP contribution in [0.2, 0.25) is 0 Å². The number of hydrogen-bond acceptors (Lipinski definition) is 4. The second-order valence-electron chi connectivity index (χ2n) is 4.56. The van der Waals surface area contributed by atoms with Crippen LogP contribution in [0.25, 0.3) is 0 Å². The molecule has 1 aromatic heterocycles. The molecule has 1 aromatic carbocycles. The van der Waals surface area contributed by atoms with E-state index in [0.717, 1.165) is 23.3 Å². The van der Waals surface area contributed by atoms with E-state index >= 15 is 0 Å². The first kappa shape index (κ1) is 15.1. The number of carbonyl (C=O) groups is 1. The first-order valence-corrected chi connectivity index (χ1v) is 7.43. The van der Waals surface area contributed by atoms with Crippen molar-refractivity contribution in [2.24, 2.45) is 0 Å². The lowest BCUT2D eigenvalue weighted by Crippen LogP contribution is -2.00. The Morgan fingerprint density at radius 3 is 2.67 bits per heavy atom. The third-order valence-corrected chi connectivity index (χ3v) is 4.08. The predicted octanol–water partition coefficient (Wildman–Crippen LogP) is 3.85. The zero-order valence-electron chi connectivity index (χ0n) is 11.6. The fraction of sp³-hybridized carbons (Fsp3) is 0.250. The number of aryl methyl sites for hydroxylation is 1. The summed E-state index contributed by atoms with van der Waals surface area (Å²) in [6.45, 7) is 2.34. The smallest absolute Gasteiger partial charge is 0.349 e. The van der Waals surface area contributed by atoms with E-state index in [2.05, 4.69) is 13.0 Å². The quantitative estimate of drug-likeness (QED) is 0.879. The van der Waals surface area contributed by atoms with E-state index in [1.54, 1.807) is 30.3 Å². The number of hydrogen-bond donors (Lipinski definition) is 1. The highest BCUT2D eigenvalue weighted by molar-refractivity contribution is 7.14. The van der Waals surface area contributed by atoms with Gasteiger partial charge in [0.05, 0.1) is 11.6 Å². The molecule has 2 aromatic rings. The predicted molar refractivity (Wildman–Crippen MR) is 80.8 cm³/mol. The minimum absolute atomic E-state index is 0.243. The number of nitrogens with zero attached hydrogens (tertiary/aromatic N) is 1. The van der Waals surface area contributed by atoms with Crippen molar-refractivity contribution in [3.8, 4) is 11.8 Å². The van der Waals surface area contributed by atoms with E-state index in [-0.39, 0.29) is 11.5 Å². The van der Waals surface area contributed by atoms with Crippen LogP contribution in [0.5, 0.6) is 5.75 Å². The highest BCUT2D eigenvalue weighted by Gasteiger charge is 2.16. The van der Waals surface area contributed by atoms with Crippen LogP contribution >= 0.6 is 11.3 Å². The monoisotopic (exact) mass is 301 g/mol. The van der Waals surface area contributed by atoms with Gasteiger partial charge >= 0.3 is 5.97 Å². The van der Waals surface area contributed by atoms with Gasteiger partial charge in [-0.25, -0.2) is 4.79 Å². The van der Waals surface area contributed by atoms with Gasteiger partial charge in [0.25, 0.3) is 0 Å². The van der Waals surface area contributed by atoms with Gasteiger partial charge in [-0.1, -0.05) is 25.5 Å². The molecule has 0 aliphatic heterocycles. The summed E-state index contributed by atoms with van der Waals surface area (Å²) in [4.78, 5) is 12.5. The number of rotatable bonds is 6. The molecule has 0 aliphatic rings. The normalized spacial score (nSPS) is 10.1. The minimum atomic E-state index is -0.961. The molecule has 0 aliphatic carbocycles. The van der Waals surface area contributed by atoms with Gasteiger partial charge in [0.1, 0.15) is 12.4 Å². The number of thiophene rings is 1. The topological polar surface area (TPSA) is 70.3 Å². The first-order valence-electron chi connectivity index (χ1n) is 6.62. The van der Waals surface area contributed by atoms with Crippen molar-refractivity contribution in [2.45, 2.75) is 26.4 Å². The molecule has 0 atom stereocenters. The third kappa shape index (κ3) is 3.83. The highest BCUT2D eigenvalue weighted by Crippen LogP contribution is 2.31. The van der Waals surface area contributed by atoms with Gasteiger partial charge in [-0.3, -0.25) is 0 Å². The van der Waals surface area contributed by atoms with E-state index in [1.165, 1.54) is 11.3 Å². The Kier molecular flexibility index (Phi) is 4.96. The molecule has 0 bridgehead atoms. The number of benzene rings is 1. The summed E-state index contributed by atoms with van der Waals surface area (Å²) in [6, 6.07) is 10.9. The van der Waals surface area contributed by atoms with Crippen LogP contribution < -0.4 is 4.74 Å². The van der Waals surface area contributed by atoms with Crippen molar-refractivity contribution >= 4 is 17.3 Å². The second-order valence-corrected chi connectivity index (χ2v) is 5.70. The summed E-state index contributed by atoms with van der Waals surface area (Å²) in [5.74, 6) is -0.544. The molecular weight excluding hydrogens is 286 g/mol. The highest BCUT2D eigenvalue weighted by atomic mass is 32.1. The summed E-state index contributed by atoms with van der Waals surface area (Å²) >= 11 is 1.27. The Hall–Kier alpha value is -2.32. The van der Waals surface area contributed by atoms with Gasteiger partial charge < -0.3 is 9.84 Å². The van der Waals surface area contributed by atoms with Crippen LogP contribution in [0.1, 0.15) is 39.0 Å². The Morgan fingerprint density at radius 1 is 1.38 bits per heavy atom.